The van der Waals surface area contributed by atoms with Crippen molar-refractivity contribution in [1.82, 2.24) is 21.1 Å². The standard InChI is InChI=1S/C50H74N4O8/c1-35(2)46(51-6)48(59)52-44(33-40-23-14-10-15-24-40)49(60)54-32-18-26-43(53-54)50(61)62-45(36(3)20-17-25-42(57)31-29-39-21-12-9-13-22-39)27-16-8-7-11-19-37(4)47(58)41(34-55)30-28-38(5)56/h7-8,10-11,14-17,20,23-25,34-35,37,39,41,43-47,51,53,58H,9,12-13,18-19,21-22,26-33H2,1-6H3,(H,52,59)/b11-7+,16-8+,25-17+,36-20+/t37?,41?,43?,44?,45-,46?,47?/m0/s1. The van der Waals surface area contributed by atoms with Gasteiger partial charge in [0.15, 0.2) is 5.78 Å². The third kappa shape index (κ3) is 18.4. The molecule has 4 N–H and O–H groups in total. The van der Waals surface area contributed by atoms with Gasteiger partial charge >= 0.3 is 5.97 Å². The molecule has 0 radical (unpaired) electrons. The first-order valence-electron chi connectivity index (χ1n) is 22.9. The van der Waals surface area contributed by atoms with Crippen LogP contribution in [0.15, 0.2) is 78.4 Å². The van der Waals surface area contributed by atoms with E-state index in [1.807, 2.05) is 82.3 Å². The molecule has 0 spiro atoms. The number of allylic oxidation sites excluding steroid dienone is 6. The Bertz CT molecular complexity index is 1700. The SMILES string of the molecule is CNC(C(=O)NC(Cc1ccccc1)C(=O)N1CCCC(C(=O)O[C@@H](C/C=C/C=C/CC(C)C(O)C(C=O)CCC(C)=O)/C(C)=C/C=C/C(=O)CCC2CCCCC2)N1)C(C)C. The maximum Gasteiger partial charge on any atom is 0.325 e. The number of benzene rings is 1. The maximum absolute atomic E-state index is 14.1. The van der Waals surface area contributed by atoms with E-state index in [0.29, 0.717) is 51.0 Å². The number of likely N-dealkylation sites (N-methyl/N-ethyl adjacent to an activating group) is 1. The number of amides is 2. The van der Waals surface area contributed by atoms with E-state index in [2.05, 4.69) is 16.1 Å². The number of nitrogens with one attached hydrogen (secondary N) is 3. The van der Waals surface area contributed by atoms with Gasteiger partial charge < -0.3 is 30.1 Å². The summed E-state index contributed by atoms with van der Waals surface area (Å²) in [7, 11) is 1.72. The lowest BCUT2D eigenvalue weighted by molar-refractivity contribution is -0.156. The highest BCUT2D eigenvalue weighted by Crippen LogP contribution is 2.27. The number of esters is 1. The van der Waals surface area contributed by atoms with Crippen molar-refractivity contribution in [2.75, 3.05) is 13.6 Å². The molecule has 1 heterocycles. The average Bonchev–Trinajstić information content (AvgIpc) is 3.26. The Morgan fingerprint density at radius 2 is 1.61 bits per heavy atom. The van der Waals surface area contributed by atoms with Crippen LogP contribution in [0, 0.1) is 23.7 Å². The van der Waals surface area contributed by atoms with Crippen LogP contribution in [0.25, 0.3) is 0 Å². The normalized spacial score (nSPS) is 19.6. The number of hydrazine groups is 1. The molecule has 1 aliphatic carbocycles. The van der Waals surface area contributed by atoms with E-state index in [9.17, 15) is 33.9 Å². The van der Waals surface area contributed by atoms with Gasteiger partial charge in [0.2, 0.25) is 5.91 Å². The number of aliphatic hydroxyl groups is 1. The molecule has 2 aliphatic rings. The second-order valence-electron chi connectivity index (χ2n) is 17.6. The van der Waals surface area contributed by atoms with Gasteiger partial charge in [0.05, 0.1) is 12.1 Å². The van der Waals surface area contributed by atoms with E-state index in [0.717, 1.165) is 23.8 Å². The summed E-state index contributed by atoms with van der Waals surface area (Å²) in [5.74, 6) is -1.30. The minimum atomic E-state index is -0.875. The molecular weight excluding hydrogens is 785 g/mol. The topological polar surface area (TPSA) is 171 Å². The number of carbonyl (C=O) groups is 6. The minimum Gasteiger partial charge on any atom is -0.456 e. The Hall–Kier alpha value is -4.52. The highest BCUT2D eigenvalue weighted by Gasteiger charge is 2.35. The maximum atomic E-state index is 14.1. The number of hydrogen-bond donors (Lipinski definition) is 4. The predicted molar refractivity (Wildman–Crippen MR) is 243 cm³/mol. The predicted octanol–water partition coefficient (Wildman–Crippen LogP) is 6.87. The smallest absolute Gasteiger partial charge is 0.325 e. The summed E-state index contributed by atoms with van der Waals surface area (Å²) < 4.78 is 6.14. The van der Waals surface area contributed by atoms with Gasteiger partial charge in [-0.1, -0.05) is 120 Å². The molecule has 1 aromatic carbocycles. The number of ketones is 2. The van der Waals surface area contributed by atoms with Crippen LogP contribution in [-0.2, 0) is 39.9 Å². The summed E-state index contributed by atoms with van der Waals surface area (Å²) in [6, 6.07) is 7.31. The fourth-order valence-electron chi connectivity index (χ4n) is 8.15. The zero-order valence-electron chi connectivity index (χ0n) is 38.1. The molecule has 62 heavy (non-hydrogen) atoms. The third-order valence-electron chi connectivity index (χ3n) is 12.1. The molecule has 1 saturated heterocycles. The largest absolute Gasteiger partial charge is 0.456 e. The van der Waals surface area contributed by atoms with E-state index >= 15 is 0 Å². The minimum absolute atomic E-state index is 0.00616. The zero-order valence-corrected chi connectivity index (χ0v) is 38.1. The van der Waals surface area contributed by atoms with Gasteiger partial charge in [-0.05, 0) is 88.0 Å². The molecule has 1 aromatic rings. The van der Waals surface area contributed by atoms with Crippen LogP contribution in [-0.4, -0.2) is 89.7 Å². The number of Topliss-reactive ketones (excluding diaryl/α,β-unsaturated/α-hetero) is 1. The molecule has 12 nitrogen and oxygen atoms in total. The van der Waals surface area contributed by atoms with Crippen molar-refractivity contribution < 1.29 is 38.6 Å². The molecule has 12 heteroatoms. The van der Waals surface area contributed by atoms with Crippen molar-refractivity contribution in [3.63, 3.8) is 0 Å². The van der Waals surface area contributed by atoms with Crippen molar-refractivity contribution in [3.8, 4) is 0 Å². The number of carbonyl (C=O) groups excluding carboxylic acids is 6. The Balaban J connectivity index is 1.72. The van der Waals surface area contributed by atoms with Crippen LogP contribution in [0.2, 0.25) is 0 Å². The fourth-order valence-corrected chi connectivity index (χ4v) is 8.15. The van der Waals surface area contributed by atoms with Crippen LogP contribution in [0.5, 0.6) is 0 Å². The van der Waals surface area contributed by atoms with Gasteiger partial charge in [-0.3, -0.25) is 24.2 Å². The number of nitrogens with zero attached hydrogens (tertiary/aromatic N) is 1. The van der Waals surface area contributed by atoms with Gasteiger partial charge in [-0.2, -0.15) is 0 Å². The molecule has 1 saturated carbocycles. The lowest BCUT2D eigenvalue weighted by Gasteiger charge is -2.36. The quantitative estimate of drug-likeness (QED) is 0.0334. The summed E-state index contributed by atoms with van der Waals surface area (Å²) in [4.78, 5) is 77.0. The van der Waals surface area contributed by atoms with Crippen LogP contribution in [0.3, 0.4) is 0 Å². The molecule has 2 fully saturated rings. The highest BCUT2D eigenvalue weighted by atomic mass is 16.5. The number of aliphatic hydroxyl groups excluding tert-OH is 1. The lowest BCUT2D eigenvalue weighted by atomic mass is 9.85. The molecule has 342 valence electrons. The molecule has 0 bridgehead atoms. The molecule has 3 rings (SSSR count). The molecule has 6 unspecified atom stereocenters. The first kappa shape index (κ1) is 51.8. The fraction of sp³-hybridized carbons (Fsp3) is 0.600. The van der Waals surface area contributed by atoms with Crippen molar-refractivity contribution in [2.45, 2.75) is 155 Å². The number of rotatable bonds is 26. The summed E-state index contributed by atoms with van der Waals surface area (Å²) in [6.45, 7) is 9.41. The third-order valence-corrected chi connectivity index (χ3v) is 12.1. The summed E-state index contributed by atoms with van der Waals surface area (Å²) >= 11 is 0. The molecule has 2 amide bonds. The van der Waals surface area contributed by atoms with Crippen LogP contribution >= 0.6 is 0 Å². The number of ether oxygens (including phenoxy) is 1. The van der Waals surface area contributed by atoms with E-state index in [4.69, 9.17) is 4.74 Å². The number of aldehydes is 1. The van der Waals surface area contributed by atoms with E-state index in [1.165, 1.54) is 44.0 Å². The van der Waals surface area contributed by atoms with Crippen molar-refractivity contribution >= 4 is 35.6 Å². The van der Waals surface area contributed by atoms with Crippen molar-refractivity contribution in [1.29, 1.82) is 0 Å². The zero-order chi connectivity index (χ0) is 45.4. The summed E-state index contributed by atoms with van der Waals surface area (Å²) in [6.07, 6.45) is 22.0. The van der Waals surface area contributed by atoms with Gasteiger partial charge in [-0.15, -0.1) is 0 Å². The Labute approximate surface area is 370 Å². The highest BCUT2D eigenvalue weighted by molar-refractivity contribution is 5.91. The monoisotopic (exact) mass is 859 g/mol. The molecular formula is C50H74N4O8. The Morgan fingerprint density at radius 1 is 0.919 bits per heavy atom. The second-order valence-corrected chi connectivity index (χ2v) is 17.6. The van der Waals surface area contributed by atoms with E-state index in [-0.39, 0.29) is 48.1 Å². The molecule has 1 aliphatic heterocycles. The summed E-state index contributed by atoms with van der Waals surface area (Å²) in [5, 5.41) is 18.1. The van der Waals surface area contributed by atoms with Crippen molar-refractivity contribution in [3.05, 3.63) is 84.0 Å². The van der Waals surface area contributed by atoms with Gasteiger partial charge in [0.1, 0.15) is 30.3 Å². The van der Waals surface area contributed by atoms with Gasteiger partial charge in [0, 0.05) is 38.1 Å². The van der Waals surface area contributed by atoms with E-state index in [1.54, 1.807) is 25.3 Å². The average molecular weight is 859 g/mol. The van der Waals surface area contributed by atoms with E-state index < -0.39 is 42.2 Å². The number of hydrogen-bond acceptors (Lipinski definition) is 10. The van der Waals surface area contributed by atoms with Crippen molar-refractivity contribution in [2.24, 2.45) is 23.7 Å². The Kier molecular flexibility index (Phi) is 23.6. The van der Waals surface area contributed by atoms with Gasteiger partial charge in [-0.25, -0.2) is 5.43 Å². The molecule has 7 atom stereocenters. The Morgan fingerprint density at radius 3 is 2.26 bits per heavy atom. The first-order chi connectivity index (χ1) is 29.7. The first-order valence-corrected chi connectivity index (χ1v) is 22.9. The summed E-state index contributed by atoms with van der Waals surface area (Å²) in [5.41, 5.74) is 4.73. The van der Waals surface area contributed by atoms with Crippen LogP contribution in [0.4, 0.5) is 0 Å². The lowest BCUT2D eigenvalue weighted by Crippen LogP contribution is -2.61. The molecule has 0 aromatic heterocycles. The van der Waals surface area contributed by atoms with Gasteiger partial charge in [0.25, 0.3) is 5.91 Å². The second kappa shape index (κ2) is 28.2. The van der Waals surface area contributed by atoms with Crippen LogP contribution < -0.4 is 16.1 Å². The van der Waals surface area contributed by atoms with Crippen LogP contribution in [0.1, 0.15) is 124 Å².